The molecule has 2 aromatic heterocycles. The summed E-state index contributed by atoms with van der Waals surface area (Å²) in [5, 5.41) is 13.2. The summed E-state index contributed by atoms with van der Waals surface area (Å²) in [6.45, 7) is 4.86. The highest BCUT2D eigenvalue weighted by Crippen LogP contribution is 2.30. The second-order valence-electron chi connectivity index (χ2n) is 3.85. The zero-order valence-corrected chi connectivity index (χ0v) is 11.6. The van der Waals surface area contributed by atoms with E-state index in [4.69, 9.17) is 9.84 Å². The Bertz CT molecular complexity index is 577. The summed E-state index contributed by atoms with van der Waals surface area (Å²) in [5.74, 6) is 0.125. The van der Waals surface area contributed by atoms with E-state index < -0.39 is 5.97 Å². The number of carboxylic acids is 1. The molecule has 0 spiro atoms. The minimum Gasteiger partial charge on any atom is -0.484 e. The van der Waals surface area contributed by atoms with Crippen LogP contribution in [0.25, 0.3) is 0 Å². The first-order valence-corrected chi connectivity index (χ1v) is 6.82. The van der Waals surface area contributed by atoms with Crippen molar-refractivity contribution in [2.75, 3.05) is 0 Å². The van der Waals surface area contributed by atoms with Gasteiger partial charge in [-0.3, -0.25) is 0 Å². The van der Waals surface area contributed by atoms with E-state index in [1.165, 1.54) is 17.7 Å². The van der Waals surface area contributed by atoms with Gasteiger partial charge in [0.25, 0.3) is 0 Å². The van der Waals surface area contributed by atoms with E-state index in [1.54, 1.807) is 10.7 Å². The standard InChI is InChI=1S/C12H15N3O3S/c1-3-8-5-9(11(19-8)12(16)17)18-6-10-13-7-14-15(10)4-2/h5,7H,3-4,6H2,1-2H3,(H,16,17). The third-order valence-corrected chi connectivity index (χ3v) is 3.89. The van der Waals surface area contributed by atoms with Gasteiger partial charge in [-0.1, -0.05) is 6.92 Å². The topological polar surface area (TPSA) is 77.2 Å². The molecule has 2 heterocycles. The van der Waals surface area contributed by atoms with Crippen molar-refractivity contribution < 1.29 is 14.6 Å². The molecule has 0 unspecified atom stereocenters. The Morgan fingerprint density at radius 2 is 2.32 bits per heavy atom. The van der Waals surface area contributed by atoms with Crippen LogP contribution >= 0.6 is 11.3 Å². The van der Waals surface area contributed by atoms with E-state index in [0.29, 0.717) is 18.1 Å². The molecule has 2 aromatic rings. The van der Waals surface area contributed by atoms with Gasteiger partial charge in [0.2, 0.25) is 0 Å². The average Bonchev–Trinajstić information content (AvgIpc) is 3.02. The molecular formula is C12H15N3O3S. The van der Waals surface area contributed by atoms with E-state index >= 15 is 0 Å². The van der Waals surface area contributed by atoms with Crippen LogP contribution in [0.15, 0.2) is 12.4 Å². The van der Waals surface area contributed by atoms with Crippen LogP contribution in [0.5, 0.6) is 5.75 Å². The first-order valence-electron chi connectivity index (χ1n) is 6.01. The summed E-state index contributed by atoms with van der Waals surface area (Å²) in [6.07, 6.45) is 2.25. The third kappa shape index (κ3) is 2.93. The quantitative estimate of drug-likeness (QED) is 0.878. The Hall–Kier alpha value is -1.89. The van der Waals surface area contributed by atoms with E-state index in [0.717, 1.165) is 11.3 Å². The fourth-order valence-corrected chi connectivity index (χ4v) is 2.54. The van der Waals surface area contributed by atoms with Crippen molar-refractivity contribution in [3.05, 3.63) is 28.0 Å². The smallest absolute Gasteiger partial charge is 0.349 e. The van der Waals surface area contributed by atoms with Gasteiger partial charge in [0.05, 0.1) is 0 Å². The second kappa shape index (κ2) is 5.83. The number of aromatic carboxylic acids is 1. The second-order valence-corrected chi connectivity index (χ2v) is 4.98. The first kappa shape index (κ1) is 13.5. The van der Waals surface area contributed by atoms with Gasteiger partial charge in [-0.2, -0.15) is 5.10 Å². The highest BCUT2D eigenvalue weighted by Gasteiger charge is 2.17. The third-order valence-electron chi connectivity index (χ3n) is 2.64. The Morgan fingerprint density at radius 3 is 2.95 bits per heavy atom. The van der Waals surface area contributed by atoms with Crippen molar-refractivity contribution in [1.82, 2.24) is 14.8 Å². The van der Waals surface area contributed by atoms with Crippen LogP contribution in [0.1, 0.15) is 34.2 Å². The summed E-state index contributed by atoms with van der Waals surface area (Å²) in [6, 6.07) is 1.78. The number of aromatic nitrogens is 3. The molecule has 7 heteroatoms. The molecule has 19 heavy (non-hydrogen) atoms. The van der Waals surface area contributed by atoms with Crippen molar-refractivity contribution in [2.24, 2.45) is 0 Å². The summed E-state index contributed by atoms with van der Waals surface area (Å²) in [4.78, 5) is 16.4. The van der Waals surface area contributed by atoms with Crippen molar-refractivity contribution in [3.8, 4) is 5.75 Å². The lowest BCUT2D eigenvalue weighted by molar-refractivity contribution is 0.0697. The molecule has 1 N–H and O–H groups in total. The van der Waals surface area contributed by atoms with E-state index in [-0.39, 0.29) is 11.5 Å². The molecule has 0 aliphatic rings. The molecule has 0 atom stereocenters. The van der Waals surface area contributed by atoms with Crippen LogP contribution in [-0.2, 0) is 19.6 Å². The summed E-state index contributed by atoms with van der Waals surface area (Å²) < 4.78 is 7.29. The molecule has 6 nitrogen and oxygen atoms in total. The number of rotatable bonds is 6. The van der Waals surface area contributed by atoms with E-state index in [2.05, 4.69) is 10.1 Å². The molecule has 0 saturated heterocycles. The van der Waals surface area contributed by atoms with E-state index in [9.17, 15) is 4.79 Å². The van der Waals surface area contributed by atoms with Gasteiger partial charge >= 0.3 is 5.97 Å². The highest BCUT2D eigenvalue weighted by molar-refractivity contribution is 7.14. The van der Waals surface area contributed by atoms with Gasteiger partial charge in [-0.15, -0.1) is 11.3 Å². The number of carboxylic acid groups (broad SMARTS) is 1. The van der Waals surface area contributed by atoms with E-state index in [1.807, 2.05) is 13.8 Å². The Kier molecular flexibility index (Phi) is 4.16. The number of carbonyl (C=O) groups is 1. The Balaban J connectivity index is 2.15. The fourth-order valence-electron chi connectivity index (χ4n) is 1.66. The molecule has 0 aliphatic heterocycles. The van der Waals surface area contributed by atoms with Gasteiger partial charge in [0.15, 0.2) is 10.7 Å². The summed E-state index contributed by atoms with van der Waals surface area (Å²) in [5.41, 5.74) is 0. The van der Waals surface area contributed by atoms with Crippen LogP contribution in [0.3, 0.4) is 0 Å². The molecule has 0 radical (unpaired) electrons. The van der Waals surface area contributed by atoms with Crippen LogP contribution in [0.2, 0.25) is 0 Å². The molecule has 0 aliphatic carbocycles. The average molecular weight is 281 g/mol. The first-order chi connectivity index (χ1) is 9.15. The van der Waals surface area contributed by atoms with Gasteiger partial charge in [-0.25, -0.2) is 14.5 Å². The van der Waals surface area contributed by atoms with Crippen molar-refractivity contribution in [3.63, 3.8) is 0 Å². The van der Waals surface area contributed by atoms with Gasteiger partial charge < -0.3 is 9.84 Å². The maximum Gasteiger partial charge on any atom is 0.349 e. The summed E-state index contributed by atoms with van der Waals surface area (Å²) >= 11 is 1.25. The van der Waals surface area contributed by atoms with Crippen molar-refractivity contribution >= 4 is 17.3 Å². The minimum atomic E-state index is -0.961. The number of thiophene rings is 1. The number of aryl methyl sites for hydroxylation is 2. The van der Waals surface area contributed by atoms with Crippen LogP contribution in [0.4, 0.5) is 0 Å². The predicted molar refractivity (Wildman–Crippen MR) is 70.7 cm³/mol. The number of hydrogen-bond donors (Lipinski definition) is 1. The molecule has 0 saturated carbocycles. The van der Waals surface area contributed by atoms with Crippen LogP contribution < -0.4 is 4.74 Å². The number of nitrogens with zero attached hydrogens (tertiary/aromatic N) is 3. The van der Waals surface area contributed by atoms with Crippen LogP contribution in [0, 0.1) is 0 Å². The predicted octanol–water partition coefficient (Wildman–Crippen LogP) is 2.20. The van der Waals surface area contributed by atoms with Crippen molar-refractivity contribution in [2.45, 2.75) is 33.4 Å². The summed E-state index contributed by atoms with van der Waals surface area (Å²) in [7, 11) is 0. The van der Waals surface area contributed by atoms with Gasteiger partial charge in [-0.05, 0) is 19.4 Å². The highest BCUT2D eigenvalue weighted by atomic mass is 32.1. The largest absolute Gasteiger partial charge is 0.484 e. The normalized spacial score (nSPS) is 10.6. The fraction of sp³-hybridized carbons (Fsp3) is 0.417. The molecule has 0 amide bonds. The molecule has 2 rings (SSSR count). The minimum absolute atomic E-state index is 0.216. The number of hydrogen-bond acceptors (Lipinski definition) is 5. The monoisotopic (exact) mass is 281 g/mol. The van der Waals surface area contributed by atoms with Crippen LogP contribution in [-0.4, -0.2) is 25.8 Å². The van der Waals surface area contributed by atoms with Gasteiger partial charge in [0.1, 0.15) is 18.7 Å². The molecule has 0 aromatic carbocycles. The molecule has 0 bridgehead atoms. The zero-order valence-electron chi connectivity index (χ0n) is 10.8. The van der Waals surface area contributed by atoms with Gasteiger partial charge in [0, 0.05) is 11.4 Å². The maximum absolute atomic E-state index is 11.1. The Morgan fingerprint density at radius 1 is 1.53 bits per heavy atom. The molecule has 102 valence electrons. The molecule has 0 fully saturated rings. The SMILES string of the molecule is CCc1cc(OCc2ncnn2CC)c(C(=O)O)s1. The maximum atomic E-state index is 11.1. The van der Waals surface area contributed by atoms with Crippen molar-refractivity contribution in [1.29, 1.82) is 0 Å². The molecular weight excluding hydrogens is 266 g/mol. The lowest BCUT2D eigenvalue weighted by Crippen LogP contribution is -2.08. The lowest BCUT2D eigenvalue weighted by atomic mass is 10.3. The zero-order chi connectivity index (χ0) is 13.8. The number of ether oxygens (including phenoxy) is 1. The Labute approximate surface area is 114 Å². The lowest BCUT2D eigenvalue weighted by Gasteiger charge is -2.05.